The van der Waals surface area contributed by atoms with Crippen LogP contribution in [0.4, 0.5) is 4.79 Å². The summed E-state index contributed by atoms with van der Waals surface area (Å²) >= 11 is 1.69. The highest BCUT2D eigenvalue weighted by atomic mass is 32.1. The van der Waals surface area contributed by atoms with Crippen LogP contribution >= 0.6 is 11.3 Å². The first-order chi connectivity index (χ1) is 11.9. The van der Waals surface area contributed by atoms with Crippen LogP contribution in [0.5, 0.6) is 0 Å². The van der Waals surface area contributed by atoms with Gasteiger partial charge in [0, 0.05) is 24.4 Å². The first-order valence-corrected chi connectivity index (χ1v) is 8.97. The number of carbonyl (C=O) groups excluding carboxylic acids is 4. The zero-order chi connectivity index (χ0) is 18.0. The molecule has 1 aromatic rings. The van der Waals surface area contributed by atoms with Gasteiger partial charge in [0.2, 0.25) is 0 Å². The Kier molecular flexibility index (Phi) is 5.03. The first kappa shape index (κ1) is 17.4. The molecule has 0 aliphatic carbocycles. The number of esters is 1. The van der Waals surface area contributed by atoms with Crippen molar-refractivity contribution in [1.29, 1.82) is 0 Å². The van der Waals surface area contributed by atoms with E-state index in [0.29, 0.717) is 13.1 Å². The van der Waals surface area contributed by atoms with Crippen molar-refractivity contribution in [3.63, 3.8) is 0 Å². The summed E-state index contributed by atoms with van der Waals surface area (Å²) < 4.78 is 5.18. The molecular weight excluding hydrogens is 346 g/mol. The molecule has 0 bridgehead atoms. The molecule has 25 heavy (non-hydrogen) atoms. The number of ether oxygens (including phenoxy) is 1. The molecule has 3 rings (SSSR count). The van der Waals surface area contributed by atoms with Crippen LogP contribution in [-0.2, 0) is 32.1 Å². The number of thiophene rings is 1. The van der Waals surface area contributed by atoms with Gasteiger partial charge in [-0.2, -0.15) is 0 Å². The van der Waals surface area contributed by atoms with E-state index in [4.69, 9.17) is 4.74 Å². The molecule has 0 spiro atoms. The van der Waals surface area contributed by atoms with E-state index < -0.39 is 30.1 Å². The highest BCUT2D eigenvalue weighted by Crippen LogP contribution is 2.24. The predicted octanol–water partition coefficient (Wildman–Crippen LogP) is 0.553. The average molecular weight is 365 g/mol. The maximum Gasteiger partial charge on any atom is 0.322 e. The molecule has 134 valence electrons. The van der Waals surface area contributed by atoms with Crippen LogP contribution in [0.1, 0.15) is 30.2 Å². The van der Waals surface area contributed by atoms with Crippen molar-refractivity contribution in [3.8, 4) is 0 Å². The normalized spacial score (nSPS) is 20.5. The maximum atomic E-state index is 12.5. The Hall–Kier alpha value is -2.42. The number of hydrogen-bond acceptors (Lipinski definition) is 6. The van der Waals surface area contributed by atoms with Gasteiger partial charge in [-0.1, -0.05) is 0 Å². The molecule has 4 amide bonds. The van der Waals surface area contributed by atoms with Gasteiger partial charge in [-0.25, -0.2) is 4.79 Å². The van der Waals surface area contributed by atoms with Crippen molar-refractivity contribution in [1.82, 2.24) is 15.5 Å². The van der Waals surface area contributed by atoms with E-state index in [-0.39, 0.29) is 18.7 Å². The second-order valence-corrected chi connectivity index (χ2v) is 7.07. The van der Waals surface area contributed by atoms with Crippen molar-refractivity contribution in [3.05, 3.63) is 21.9 Å². The summed E-state index contributed by atoms with van der Waals surface area (Å²) in [4.78, 5) is 49.8. The number of nitrogens with zero attached hydrogens (tertiary/aromatic N) is 1. The number of imide groups is 1. The summed E-state index contributed by atoms with van der Waals surface area (Å²) in [5.74, 6) is -1.25. The minimum Gasteiger partial charge on any atom is -0.453 e. The van der Waals surface area contributed by atoms with Gasteiger partial charge in [-0.3, -0.25) is 19.7 Å². The Bertz CT molecular complexity index is 716. The minimum absolute atomic E-state index is 0.0509. The largest absolute Gasteiger partial charge is 0.453 e. The molecule has 1 aromatic heterocycles. The summed E-state index contributed by atoms with van der Waals surface area (Å²) in [6.07, 6.45) is 0.0273. The van der Waals surface area contributed by atoms with Crippen LogP contribution in [0.3, 0.4) is 0 Å². The molecular formula is C16H19N3O5S. The Balaban J connectivity index is 1.46. The third-order valence-corrected chi connectivity index (χ3v) is 5.29. The van der Waals surface area contributed by atoms with Crippen molar-refractivity contribution in [2.45, 2.75) is 44.9 Å². The monoisotopic (exact) mass is 365 g/mol. The van der Waals surface area contributed by atoms with Gasteiger partial charge < -0.3 is 15.0 Å². The Morgan fingerprint density at radius 3 is 2.96 bits per heavy atom. The van der Waals surface area contributed by atoms with Gasteiger partial charge in [-0.05, 0) is 36.8 Å². The third-order valence-electron chi connectivity index (χ3n) is 4.27. The van der Waals surface area contributed by atoms with Crippen LogP contribution in [-0.4, -0.2) is 47.4 Å². The van der Waals surface area contributed by atoms with E-state index in [1.165, 1.54) is 4.88 Å². The topological polar surface area (TPSA) is 105 Å². The summed E-state index contributed by atoms with van der Waals surface area (Å²) in [5, 5.41) is 6.52. The average Bonchev–Trinajstić information content (AvgIpc) is 3.17. The maximum absolute atomic E-state index is 12.5. The van der Waals surface area contributed by atoms with E-state index in [1.54, 1.807) is 23.2 Å². The number of amides is 4. The van der Waals surface area contributed by atoms with Crippen molar-refractivity contribution >= 4 is 35.2 Å². The van der Waals surface area contributed by atoms with Gasteiger partial charge in [0.05, 0.1) is 0 Å². The molecule has 2 N–H and O–H groups in total. The van der Waals surface area contributed by atoms with E-state index in [0.717, 1.165) is 12.0 Å². The van der Waals surface area contributed by atoms with Gasteiger partial charge in [0.1, 0.15) is 6.04 Å². The molecule has 3 heterocycles. The standard InChI is InChI=1S/C16H19N3O5S/c1-9(15(22)19-6-4-12-10(8-19)5-7-25-12)24-13(20)3-2-11-14(21)18-16(23)17-11/h5,7,9,11H,2-4,6,8H2,1H3,(H2,17,18,21,23)/t9-,11+/m1/s1. The number of nitrogens with one attached hydrogen (secondary N) is 2. The number of fused-ring (bicyclic) bond motifs is 1. The van der Waals surface area contributed by atoms with Crippen molar-refractivity contribution in [2.24, 2.45) is 0 Å². The Morgan fingerprint density at radius 2 is 2.24 bits per heavy atom. The van der Waals surface area contributed by atoms with Gasteiger partial charge in [0.25, 0.3) is 11.8 Å². The molecule has 0 aromatic carbocycles. The quantitative estimate of drug-likeness (QED) is 0.586. The lowest BCUT2D eigenvalue weighted by molar-refractivity contribution is -0.159. The van der Waals surface area contributed by atoms with Gasteiger partial charge >= 0.3 is 12.0 Å². The molecule has 1 saturated heterocycles. The Labute approximate surface area is 148 Å². The molecule has 0 saturated carbocycles. The lowest BCUT2D eigenvalue weighted by Crippen LogP contribution is -2.42. The minimum atomic E-state index is -0.875. The number of carbonyl (C=O) groups is 4. The van der Waals surface area contributed by atoms with E-state index >= 15 is 0 Å². The van der Waals surface area contributed by atoms with Gasteiger partial charge in [0.15, 0.2) is 6.10 Å². The lowest BCUT2D eigenvalue weighted by atomic mass is 10.1. The molecule has 1 fully saturated rings. The summed E-state index contributed by atoms with van der Waals surface area (Å²) in [7, 11) is 0. The first-order valence-electron chi connectivity index (χ1n) is 8.09. The highest BCUT2D eigenvalue weighted by molar-refractivity contribution is 7.10. The highest BCUT2D eigenvalue weighted by Gasteiger charge is 2.31. The van der Waals surface area contributed by atoms with E-state index in [2.05, 4.69) is 10.6 Å². The van der Waals surface area contributed by atoms with Crippen LogP contribution in [0.2, 0.25) is 0 Å². The number of urea groups is 1. The fourth-order valence-corrected chi connectivity index (χ4v) is 3.81. The van der Waals surface area contributed by atoms with E-state index in [1.807, 2.05) is 11.4 Å². The zero-order valence-corrected chi connectivity index (χ0v) is 14.6. The summed E-state index contributed by atoms with van der Waals surface area (Å²) in [6.45, 7) is 2.70. The third kappa shape index (κ3) is 3.98. The summed E-state index contributed by atoms with van der Waals surface area (Å²) in [5.41, 5.74) is 1.14. The second-order valence-electron chi connectivity index (χ2n) is 6.06. The molecule has 0 radical (unpaired) electrons. The van der Waals surface area contributed by atoms with Crippen LogP contribution < -0.4 is 10.6 Å². The van der Waals surface area contributed by atoms with Crippen LogP contribution in [0.15, 0.2) is 11.4 Å². The SMILES string of the molecule is C[C@@H](OC(=O)CC[C@@H]1NC(=O)NC1=O)C(=O)N1CCc2sccc2C1. The zero-order valence-electron chi connectivity index (χ0n) is 13.7. The number of hydrogen-bond donors (Lipinski definition) is 2. The van der Waals surface area contributed by atoms with E-state index in [9.17, 15) is 19.2 Å². The summed E-state index contributed by atoms with van der Waals surface area (Å²) in [6, 6.07) is 0.715. The smallest absolute Gasteiger partial charge is 0.322 e. The molecule has 2 atom stereocenters. The fraction of sp³-hybridized carbons (Fsp3) is 0.500. The molecule has 9 heteroatoms. The lowest BCUT2D eigenvalue weighted by Gasteiger charge is -2.29. The van der Waals surface area contributed by atoms with Crippen molar-refractivity contribution < 1.29 is 23.9 Å². The molecule has 8 nitrogen and oxygen atoms in total. The Morgan fingerprint density at radius 1 is 1.44 bits per heavy atom. The number of rotatable bonds is 5. The van der Waals surface area contributed by atoms with Crippen LogP contribution in [0, 0.1) is 0 Å². The second kappa shape index (κ2) is 7.22. The predicted molar refractivity (Wildman–Crippen MR) is 88.7 cm³/mol. The van der Waals surface area contributed by atoms with Crippen molar-refractivity contribution in [2.75, 3.05) is 6.54 Å². The molecule has 2 aliphatic heterocycles. The van der Waals surface area contributed by atoms with Crippen LogP contribution in [0.25, 0.3) is 0 Å². The molecule has 2 aliphatic rings. The fourth-order valence-electron chi connectivity index (χ4n) is 2.92. The van der Waals surface area contributed by atoms with Gasteiger partial charge in [-0.15, -0.1) is 11.3 Å². The molecule has 0 unspecified atom stereocenters.